The molecule has 146 valence electrons. The van der Waals surface area contributed by atoms with Crippen LogP contribution in [-0.4, -0.2) is 50.7 Å². The van der Waals surface area contributed by atoms with Gasteiger partial charge in [0.25, 0.3) is 0 Å². The van der Waals surface area contributed by atoms with E-state index >= 15 is 0 Å². The molecule has 0 radical (unpaired) electrons. The Hall–Kier alpha value is -1.51. The van der Waals surface area contributed by atoms with E-state index in [0.717, 1.165) is 0 Å². The number of halogens is 1. The Morgan fingerprint density at radius 3 is 2.38 bits per heavy atom. The summed E-state index contributed by atoms with van der Waals surface area (Å²) in [4.78, 5) is 12.0. The molecule has 7 nitrogen and oxygen atoms in total. The third kappa shape index (κ3) is 5.25. The number of amides is 1. The van der Waals surface area contributed by atoms with Crippen LogP contribution in [0.2, 0.25) is 5.02 Å². The second kappa shape index (κ2) is 8.02. The molecule has 1 aliphatic heterocycles. The number of alkyl carbamates (subject to hydrolysis) is 1. The van der Waals surface area contributed by atoms with Crippen molar-refractivity contribution >= 4 is 27.7 Å². The van der Waals surface area contributed by atoms with Crippen LogP contribution < -0.4 is 10.1 Å². The van der Waals surface area contributed by atoms with Gasteiger partial charge in [0.05, 0.1) is 17.0 Å². The van der Waals surface area contributed by atoms with Crippen LogP contribution >= 0.6 is 11.6 Å². The summed E-state index contributed by atoms with van der Waals surface area (Å²) in [6.07, 6.45) is 0.547. The van der Waals surface area contributed by atoms with Gasteiger partial charge in [0.1, 0.15) is 11.4 Å². The molecule has 1 heterocycles. The average Bonchev–Trinajstić information content (AvgIpc) is 2.53. The Bertz CT molecular complexity index is 753. The molecular formula is C17H25ClN2O5S. The number of ether oxygens (including phenoxy) is 2. The standard InChI is InChI=1S/C17H25ClN2O5S/c1-17(2,3)25-16(21)19-12-7-9-20(10-8-12)26(22,23)13-5-6-15(24-4)14(18)11-13/h5-6,11-12H,7-10H2,1-4H3,(H,19,21). The number of benzene rings is 1. The predicted molar refractivity (Wildman–Crippen MR) is 99.2 cm³/mol. The van der Waals surface area contributed by atoms with Crippen LogP contribution in [-0.2, 0) is 14.8 Å². The zero-order valence-electron chi connectivity index (χ0n) is 15.4. The molecule has 0 atom stereocenters. The summed E-state index contributed by atoms with van der Waals surface area (Å²) in [5.41, 5.74) is -0.568. The highest BCUT2D eigenvalue weighted by atomic mass is 35.5. The molecule has 0 aromatic heterocycles. The molecule has 1 amide bonds. The van der Waals surface area contributed by atoms with E-state index in [0.29, 0.717) is 31.7 Å². The van der Waals surface area contributed by atoms with Gasteiger partial charge in [0.15, 0.2) is 0 Å². The van der Waals surface area contributed by atoms with Gasteiger partial charge in [-0.3, -0.25) is 0 Å². The number of rotatable bonds is 4. The van der Waals surface area contributed by atoms with Crippen molar-refractivity contribution in [1.29, 1.82) is 0 Å². The van der Waals surface area contributed by atoms with Gasteiger partial charge >= 0.3 is 6.09 Å². The van der Waals surface area contributed by atoms with E-state index in [1.807, 2.05) is 0 Å². The molecule has 0 unspecified atom stereocenters. The quantitative estimate of drug-likeness (QED) is 0.833. The summed E-state index contributed by atoms with van der Waals surface area (Å²) in [6, 6.07) is 4.29. The van der Waals surface area contributed by atoms with E-state index in [4.69, 9.17) is 21.1 Å². The molecule has 1 saturated heterocycles. The minimum absolute atomic E-state index is 0.115. The molecule has 0 aliphatic carbocycles. The maximum Gasteiger partial charge on any atom is 0.407 e. The third-order valence-electron chi connectivity index (χ3n) is 3.94. The fraction of sp³-hybridized carbons (Fsp3) is 0.588. The lowest BCUT2D eigenvalue weighted by molar-refractivity contribution is 0.0489. The van der Waals surface area contributed by atoms with Crippen LogP contribution in [0.5, 0.6) is 5.75 Å². The molecular weight excluding hydrogens is 380 g/mol. The largest absolute Gasteiger partial charge is 0.495 e. The van der Waals surface area contributed by atoms with Crippen LogP contribution in [0.1, 0.15) is 33.6 Å². The molecule has 1 fully saturated rings. The van der Waals surface area contributed by atoms with Gasteiger partial charge in [0, 0.05) is 19.1 Å². The highest BCUT2D eigenvalue weighted by Crippen LogP contribution is 2.29. The number of hydrogen-bond acceptors (Lipinski definition) is 5. The first-order chi connectivity index (χ1) is 12.0. The number of methoxy groups -OCH3 is 1. The Morgan fingerprint density at radius 2 is 1.88 bits per heavy atom. The Balaban J connectivity index is 1.98. The summed E-state index contributed by atoms with van der Waals surface area (Å²) in [5, 5.41) is 3.04. The van der Waals surface area contributed by atoms with Crippen molar-refractivity contribution in [3.8, 4) is 5.75 Å². The number of carbonyl (C=O) groups is 1. The molecule has 1 aromatic carbocycles. The van der Waals surface area contributed by atoms with Gasteiger partial charge < -0.3 is 14.8 Å². The summed E-state index contributed by atoms with van der Waals surface area (Å²) < 4.78 is 37.2. The van der Waals surface area contributed by atoms with Crippen molar-refractivity contribution in [3.05, 3.63) is 23.2 Å². The van der Waals surface area contributed by atoms with Crippen molar-refractivity contribution in [3.63, 3.8) is 0 Å². The molecule has 1 aliphatic rings. The van der Waals surface area contributed by atoms with Crippen LogP contribution in [0, 0.1) is 0 Å². The highest BCUT2D eigenvalue weighted by Gasteiger charge is 2.31. The Kier molecular flexibility index (Phi) is 6.42. The predicted octanol–water partition coefficient (Wildman–Crippen LogP) is 3.03. The minimum atomic E-state index is -3.64. The molecule has 9 heteroatoms. The zero-order chi connectivity index (χ0) is 19.5. The molecule has 0 spiro atoms. The average molecular weight is 405 g/mol. The van der Waals surface area contributed by atoms with Crippen LogP contribution in [0.25, 0.3) is 0 Å². The fourth-order valence-corrected chi connectivity index (χ4v) is 4.49. The normalized spacial score (nSPS) is 17.0. The molecule has 26 heavy (non-hydrogen) atoms. The highest BCUT2D eigenvalue weighted by molar-refractivity contribution is 7.89. The van der Waals surface area contributed by atoms with Crippen molar-refractivity contribution in [1.82, 2.24) is 9.62 Å². The zero-order valence-corrected chi connectivity index (χ0v) is 17.0. The first kappa shape index (κ1) is 20.8. The fourth-order valence-electron chi connectivity index (χ4n) is 2.67. The van der Waals surface area contributed by atoms with Crippen molar-refractivity contribution in [2.45, 2.75) is 50.2 Å². The van der Waals surface area contributed by atoms with Crippen molar-refractivity contribution in [2.24, 2.45) is 0 Å². The number of nitrogens with one attached hydrogen (secondary N) is 1. The summed E-state index contributed by atoms with van der Waals surface area (Å²) in [6.45, 7) is 6.00. The third-order valence-corrected chi connectivity index (χ3v) is 6.13. The molecule has 1 aromatic rings. The van der Waals surface area contributed by atoms with Gasteiger partial charge in [-0.05, 0) is 51.8 Å². The lowest BCUT2D eigenvalue weighted by Gasteiger charge is -2.32. The van der Waals surface area contributed by atoms with Gasteiger partial charge in [-0.2, -0.15) is 4.31 Å². The first-order valence-corrected chi connectivity index (χ1v) is 10.2. The van der Waals surface area contributed by atoms with E-state index < -0.39 is 21.7 Å². The molecule has 0 bridgehead atoms. The monoisotopic (exact) mass is 404 g/mol. The Morgan fingerprint density at radius 1 is 1.27 bits per heavy atom. The number of piperidine rings is 1. The smallest absolute Gasteiger partial charge is 0.407 e. The Labute approximate surface area is 159 Å². The lowest BCUT2D eigenvalue weighted by atomic mass is 10.1. The number of nitrogens with zero attached hydrogens (tertiary/aromatic N) is 1. The molecule has 0 saturated carbocycles. The van der Waals surface area contributed by atoms with Crippen LogP contribution in [0.4, 0.5) is 4.79 Å². The summed E-state index contributed by atoms with van der Waals surface area (Å²) in [5.74, 6) is 0.422. The second-order valence-electron chi connectivity index (χ2n) is 7.12. The maximum absolute atomic E-state index is 12.8. The summed E-state index contributed by atoms with van der Waals surface area (Å²) in [7, 11) is -2.17. The van der Waals surface area contributed by atoms with Crippen LogP contribution in [0.3, 0.4) is 0 Å². The molecule has 1 N–H and O–H groups in total. The minimum Gasteiger partial charge on any atom is -0.495 e. The van der Waals surface area contributed by atoms with Gasteiger partial charge in [-0.15, -0.1) is 0 Å². The van der Waals surface area contributed by atoms with Gasteiger partial charge in [-0.1, -0.05) is 11.6 Å². The van der Waals surface area contributed by atoms with E-state index in [-0.39, 0.29) is 16.0 Å². The molecule has 2 rings (SSSR count). The summed E-state index contributed by atoms with van der Waals surface area (Å²) >= 11 is 6.04. The van der Waals surface area contributed by atoms with Crippen LogP contribution in [0.15, 0.2) is 23.1 Å². The number of sulfonamides is 1. The van der Waals surface area contributed by atoms with E-state index in [1.54, 1.807) is 20.8 Å². The first-order valence-electron chi connectivity index (χ1n) is 8.36. The van der Waals surface area contributed by atoms with Crippen molar-refractivity contribution in [2.75, 3.05) is 20.2 Å². The topological polar surface area (TPSA) is 84.9 Å². The second-order valence-corrected chi connectivity index (χ2v) is 9.47. The van der Waals surface area contributed by atoms with E-state index in [1.165, 1.54) is 29.6 Å². The van der Waals surface area contributed by atoms with Gasteiger partial charge in [-0.25, -0.2) is 13.2 Å². The van der Waals surface area contributed by atoms with Gasteiger partial charge in [0.2, 0.25) is 10.0 Å². The lowest BCUT2D eigenvalue weighted by Crippen LogP contribution is -2.47. The number of carbonyl (C=O) groups excluding carboxylic acids is 1. The SMILES string of the molecule is COc1ccc(S(=O)(=O)N2CCC(NC(=O)OC(C)(C)C)CC2)cc1Cl. The van der Waals surface area contributed by atoms with E-state index in [9.17, 15) is 13.2 Å². The van der Waals surface area contributed by atoms with E-state index in [2.05, 4.69) is 5.32 Å². The van der Waals surface area contributed by atoms with Crippen molar-refractivity contribution < 1.29 is 22.7 Å². The maximum atomic E-state index is 12.8. The number of hydrogen-bond donors (Lipinski definition) is 1.